The van der Waals surface area contributed by atoms with E-state index in [0.29, 0.717) is 12.3 Å². The Morgan fingerprint density at radius 1 is 1.29 bits per heavy atom. The minimum atomic E-state index is 0.203. The molecule has 2 heterocycles. The first-order valence-electron chi connectivity index (χ1n) is 7.24. The highest BCUT2D eigenvalue weighted by Crippen LogP contribution is 2.19. The molecule has 112 valence electrons. The maximum Gasteiger partial charge on any atom is 0.231 e. The van der Waals surface area contributed by atoms with E-state index in [9.17, 15) is 0 Å². The van der Waals surface area contributed by atoms with Crippen LogP contribution in [0, 0.1) is 0 Å². The van der Waals surface area contributed by atoms with Crippen molar-refractivity contribution in [2.24, 2.45) is 0 Å². The first-order valence-corrected chi connectivity index (χ1v) is 8.03. The van der Waals surface area contributed by atoms with E-state index in [2.05, 4.69) is 55.3 Å². The summed E-state index contributed by atoms with van der Waals surface area (Å²) >= 11 is 3.44. The minimum Gasteiger partial charge on any atom is -0.339 e. The van der Waals surface area contributed by atoms with Crippen LogP contribution < -0.4 is 5.32 Å². The highest BCUT2D eigenvalue weighted by molar-refractivity contribution is 9.10. The second-order valence-corrected chi connectivity index (χ2v) is 6.23. The monoisotopic (exact) mass is 350 g/mol. The Morgan fingerprint density at radius 3 is 2.71 bits per heavy atom. The molecule has 21 heavy (non-hydrogen) atoms. The van der Waals surface area contributed by atoms with Gasteiger partial charge in [-0.25, -0.2) is 0 Å². The van der Waals surface area contributed by atoms with E-state index in [1.165, 1.54) is 5.56 Å². The molecule has 6 heteroatoms. The molecule has 1 N–H and O–H groups in total. The summed E-state index contributed by atoms with van der Waals surface area (Å²) in [6.07, 6.45) is 0.675. The van der Waals surface area contributed by atoms with Crippen LogP contribution in [0.4, 0.5) is 0 Å². The van der Waals surface area contributed by atoms with Gasteiger partial charge in [-0.2, -0.15) is 4.98 Å². The number of hydrogen-bond donors (Lipinski definition) is 1. The molecule has 1 atom stereocenters. The number of rotatable bonds is 4. The van der Waals surface area contributed by atoms with Crippen molar-refractivity contribution < 1.29 is 4.52 Å². The molecule has 0 spiro atoms. The minimum absolute atomic E-state index is 0.203. The van der Waals surface area contributed by atoms with E-state index in [0.717, 1.165) is 36.5 Å². The standard InChI is InChI=1S/C15H19BrN4O/c1-11(20-8-6-17-7-9-20)15-18-14(21-19-15)10-12-2-4-13(16)5-3-12/h2-5,11,17H,6-10H2,1H3. The molecular weight excluding hydrogens is 332 g/mol. The third-order valence-electron chi connectivity index (χ3n) is 3.83. The van der Waals surface area contributed by atoms with Gasteiger partial charge in [0.15, 0.2) is 5.82 Å². The second kappa shape index (κ2) is 6.68. The Bertz CT molecular complexity index is 578. The van der Waals surface area contributed by atoms with Crippen LogP contribution in [0.3, 0.4) is 0 Å². The number of piperazine rings is 1. The topological polar surface area (TPSA) is 54.2 Å². The van der Waals surface area contributed by atoms with Gasteiger partial charge in [-0.1, -0.05) is 33.2 Å². The van der Waals surface area contributed by atoms with Crippen LogP contribution in [0.1, 0.15) is 30.2 Å². The molecular formula is C15H19BrN4O. The third kappa shape index (κ3) is 3.70. The molecule has 0 amide bonds. The van der Waals surface area contributed by atoms with Gasteiger partial charge in [0, 0.05) is 30.7 Å². The van der Waals surface area contributed by atoms with E-state index in [1.54, 1.807) is 0 Å². The van der Waals surface area contributed by atoms with Gasteiger partial charge < -0.3 is 9.84 Å². The van der Waals surface area contributed by atoms with Crippen molar-refractivity contribution in [1.82, 2.24) is 20.4 Å². The van der Waals surface area contributed by atoms with Gasteiger partial charge in [0.2, 0.25) is 5.89 Å². The van der Waals surface area contributed by atoms with E-state index in [1.807, 2.05) is 12.1 Å². The summed E-state index contributed by atoms with van der Waals surface area (Å²) in [5, 5.41) is 7.50. The van der Waals surface area contributed by atoms with E-state index in [4.69, 9.17) is 4.52 Å². The SMILES string of the molecule is CC(c1noc(Cc2ccc(Br)cc2)n1)N1CCNCC1. The fourth-order valence-corrected chi connectivity index (χ4v) is 2.78. The van der Waals surface area contributed by atoms with Crippen LogP contribution in [0.5, 0.6) is 0 Å². The smallest absolute Gasteiger partial charge is 0.231 e. The molecule has 2 aromatic rings. The molecule has 1 saturated heterocycles. The molecule has 3 rings (SSSR count). The molecule has 1 aromatic carbocycles. The van der Waals surface area contributed by atoms with Crippen molar-refractivity contribution in [3.05, 3.63) is 46.0 Å². The maximum absolute atomic E-state index is 5.40. The molecule has 5 nitrogen and oxygen atoms in total. The highest BCUT2D eigenvalue weighted by atomic mass is 79.9. The van der Waals surface area contributed by atoms with Crippen LogP contribution in [-0.4, -0.2) is 41.2 Å². The Balaban J connectivity index is 1.66. The van der Waals surface area contributed by atoms with Crippen molar-refractivity contribution in [2.45, 2.75) is 19.4 Å². The molecule has 0 aliphatic carbocycles. The Morgan fingerprint density at radius 2 is 2.00 bits per heavy atom. The van der Waals surface area contributed by atoms with Crippen molar-refractivity contribution in [1.29, 1.82) is 0 Å². The number of nitrogens with one attached hydrogen (secondary N) is 1. The zero-order valence-electron chi connectivity index (χ0n) is 12.1. The molecule has 0 saturated carbocycles. The van der Waals surface area contributed by atoms with Crippen LogP contribution in [-0.2, 0) is 6.42 Å². The lowest BCUT2D eigenvalue weighted by atomic mass is 10.1. The molecule has 1 aliphatic heterocycles. The Labute approximate surface area is 132 Å². The summed E-state index contributed by atoms with van der Waals surface area (Å²) in [4.78, 5) is 6.93. The Kier molecular flexibility index (Phi) is 4.67. The molecule has 0 bridgehead atoms. The molecule has 1 aromatic heterocycles. The van der Waals surface area contributed by atoms with E-state index in [-0.39, 0.29) is 6.04 Å². The van der Waals surface area contributed by atoms with Crippen molar-refractivity contribution in [2.75, 3.05) is 26.2 Å². The van der Waals surface area contributed by atoms with Gasteiger partial charge in [0.1, 0.15) is 0 Å². The maximum atomic E-state index is 5.40. The van der Waals surface area contributed by atoms with Crippen LogP contribution >= 0.6 is 15.9 Å². The van der Waals surface area contributed by atoms with E-state index < -0.39 is 0 Å². The van der Waals surface area contributed by atoms with Gasteiger partial charge in [-0.05, 0) is 24.6 Å². The van der Waals surface area contributed by atoms with Crippen molar-refractivity contribution in [3.63, 3.8) is 0 Å². The normalized spacial score (nSPS) is 17.8. The molecule has 1 aliphatic rings. The fourth-order valence-electron chi connectivity index (χ4n) is 2.52. The first-order chi connectivity index (χ1) is 10.2. The summed E-state index contributed by atoms with van der Waals surface area (Å²) in [7, 11) is 0. The van der Waals surface area contributed by atoms with Gasteiger partial charge in [0.05, 0.1) is 12.5 Å². The summed E-state index contributed by atoms with van der Waals surface area (Å²) in [6, 6.07) is 8.38. The zero-order chi connectivity index (χ0) is 14.7. The fraction of sp³-hybridized carbons (Fsp3) is 0.467. The van der Waals surface area contributed by atoms with Crippen LogP contribution in [0.2, 0.25) is 0 Å². The second-order valence-electron chi connectivity index (χ2n) is 5.31. The summed E-state index contributed by atoms with van der Waals surface area (Å²) in [5.41, 5.74) is 1.17. The first kappa shape index (κ1) is 14.7. The number of halogens is 1. The van der Waals surface area contributed by atoms with Crippen LogP contribution in [0.15, 0.2) is 33.3 Å². The quantitative estimate of drug-likeness (QED) is 0.917. The van der Waals surface area contributed by atoms with Crippen molar-refractivity contribution in [3.8, 4) is 0 Å². The number of aromatic nitrogens is 2. The average molecular weight is 351 g/mol. The molecule has 1 unspecified atom stereocenters. The van der Waals surface area contributed by atoms with Gasteiger partial charge in [-0.15, -0.1) is 0 Å². The highest BCUT2D eigenvalue weighted by Gasteiger charge is 2.22. The van der Waals surface area contributed by atoms with Gasteiger partial charge in [0.25, 0.3) is 0 Å². The number of hydrogen-bond acceptors (Lipinski definition) is 5. The lowest BCUT2D eigenvalue weighted by molar-refractivity contribution is 0.176. The summed E-state index contributed by atoms with van der Waals surface area (Å²) in [5.74, 6) is 1.46. The number of nitrogens with zero attached hydrogens (tertiary/aromatic N) is 3. The van der Waals surface area contributed by atoms with Gasteiger partial charge in [-0.3, -0.25) is 4.90 Å². The summed E-state index contributed by atoms with van der Waals surface area (Å²) < 4.78 is 6.47. The van der Waals surface area contributed by atoms with Gasteiger partial charge >= 0.3 is 0 Å². The Hall–Kier alpha value is -1.24. The lowest BCUT2D eigenvalue weighted by Crippen LogP contribution is -2.44. The summed E-state index contributed by atoms with van der Waals surface area (Å²) in [6.45, 7) is 6.23. The molecule has 0 radical (unpaired) electrons. The average Bonchev–Trinajstić information content (AvgIpc) is 2.98. The predicted octanol–water partition coefficient (Wildman–Crippen LogP) is 2.39. The predicted molar refractivity (Wildman–Crippen MR) is 84.1 cm³/mol. The lowest BCUT2D eigenvalue weighted by Gasteiger charge is -2.30. The molecule has 1 fully saturated rings. The van der Waals surface area contributed by atoms with Crippen molar-refractivity contribution >= 4 is 15.9 Å². The third-order valence-corrected chi connectivity index (χ3v) is 4.35. The number of benzene rings is 1. The largest absolute Gasteiger partial charge is 0.339 e. The zero-order valence-corrected chi connectivity index (χ0v) is 13.6. The van der Waals surface area contributed by atoms with Crippen LogP contribution in [0.25, 0.3) is 0 Å². The van der Waals surface area contributed by atoms with E-state index >= 15 is 0 Å².